The van der Waals surface area contributed by atoms with Crippen molar-refractivity contribution in [3.05, 3.63) is 99.7 Å². The highest BCUT2D eigenvalue weighted by Crippen LogP contribution is 2.41. The van der Waals surface area contributed by atoms with Gasteiger partial charge < -0.3 is 15.6 Å². The van der Waals surface area contributed by atoms with Crippen LogP contribution in [0.3, 0.4) is 0 Å². The van der Waals surface area contributed by atoms with Gasteiger partial charge in [-0.05, 0) is 77.9 Å². The van der Waals surface area contributed by atoms with Crippen LogP contribution in [0.4, 0.5) is 5.69 Å². The van der Waals surface area contributed by atoms with Gasteiger partial charge in [0, 0.05) is 41.3 Å². The first-order valence-electron chi connectivity index (χ1n) is 11.5. The minimum absolute atomic E-state index is 0.165. The average molecular weight is 424 g/mol. The van der Waals surface area contributed by atoms with E-state index in [0.717, 1.165) is 18.8 Å². The number of rotatable bonds is 3. The van der Waals surface area contributed by atoms with E-state index in [2.05, 4.69) is 105 Å². The van der Waals surface area contributed by atoms with E-state index >= 15 is 0 Å². The monoisotopic (exact) mass is 423 g/mol. The molecule has 1 aromatic heterocycles. The van der Waals surface area contributed by atoms with Crippen LogP contribution < -0.4 is 5.73 Å². The lowest BCUT2D eigenvalue weighted by Crippen LogP contribution is -2.32. The minimum Gasteiger partial charge on any atom is -0.398 e. The van der Waals surface area contributed by atoms with Gasteiger partial charge in [-0.25, -0.2) is 0 Å². The zero-order chi connectivity index (χ0) is 22.6. The second-order valence-electron chi connectivity index (χ2n) is 10.1. The second kappa shape index (κ2) is 7.53. The number of nitrogens with one attached hydrogen (secondary N) is 1. The molecule has 3 aromatic carbocycles. The Labute approximate surface area is 191 Å². The van der Waals surface area contributed by atoms with Gasteiger partial charge in [-0.2, -0.15) is 0 Å². The lowest BCUT2D eigenvalue weighted by Gasteiger charge is -2.35. The fraction of sp³-hybridized carbons (Fsp3) is 0.310. The van der Waals surface area contributed by atoms with Gasteiger partial charge in [0.15, 0.2) is 0 Å². The molecule has 1 atom stereocenters. The molecular weight excluding hydrogens is 390 g/mol. The molecule has 1 aliphatic rings. The highest BCUT2D eigenvalue weighted by Gasteiger charge is 2.31. The van der Waals surface area contributed by atoms with Gasteiger partial charge in [0.25, 0.3) is 0 Å². The summed E-state index contributed by atoms with van der Waals surface area (Å²) in [6, 6.07) is 22.1. The number of hydrogen-bond acceptors (Lipinski definition) is 2. The van der Waals surface area contributed by atoms with Crippen LogP contribution in [0.5, 0.6) is 0 Å². The zero-order valence-electron chi connectivity index (χ0n) is 19.8. The number of aromatic amines is 1. The smallest absolute Gasteiger partial charge is 0.0456 e. The lowest BCUT2D eigenvalue weighted by molar-refractivity contribution is 0.293. The maximum atomic E-state index is 6.50. The summed E-state index contributed by atoms with van der Waals surface area (Å²) in [5, 5.41) is 1.28. The number of nitrogen functional groups attached to an aromatic ring is 1. The number of likely N-dealkylation sites (N-methyl/N-ethyl adjacent to an activating group) is 1. The molecule has 164 valence electrons. The van der Waals surface area contributed by atoms with Crippen molar-refractivity contribution in [2.24, 2.45) is 0 Å². The van der Waals surface area contributed by atoms with Crippen molar-refractivity contribution in [2.75, 3.05) is 19.3 Å². The van der Waals surface area contributed by atoms with Crippen molar-refractivity contribution in [1.82, 2.24) is 9.88 Å². The van der Waals surface area contributed by atoms with Gasteiger partial charge in [-0.3, -0.25) is 0 Å². The third kappa shape index (κ3) is 3.32. The Kier molecular flexibility index (Phi) is 4.90. The standard InChI is InChI=1S/C29H33N3/c1-18-10-13-25(30)28(19(18)2)29(3,4)22-11-12-23-21(14-22)16-32(5)17-24(23)27-15-20-8-6-7-9-26(20)31-27/h6-15,24,31H,16-17,30H2,1-5H3. The predicted molar refractivity (Wildman–Crippen MR) is 135 cm³/mol. The van der Waals surface area contributed by atoms with E-state index in [4.69, 9.17) is 5.73 Å². The summed E-state index contributed by atoms with van der Waals surface area (Å²) >= 11 is 0. The first-order chi connectivity index (χ1) is 15.3. The van der Waals surface area contributed by atoms with Crippen LogP contribution in [0, 0.1) is 13.8 Å². The van der Waals surface area contributed by atoms with Gasteiger partial charge in [0.2, 0.25) is 0 Å². The van der Waals surface area contributed by atoms with Gasteiger partial charge >= 0.3 is 0 Å². The van der Waals surface area contributed by atoms with Gasteiger partial charge in [0.1, 0.15) is 0 Å². The molecule has 0 amide bonds. The minimum atomic E-state index is -0.165. The Morgan fingerprint density at radius 1 is 1.00 bits per heavy atom. The molecule has 0 saturated heterocycles. The van der Waals surface area contributed by atoms with Crippen molar-refractivity contribution in [1.29, 1.82) is 0 Å². The van der Waals surface area contributed by atoms with Gasteiger partial charge in [-0.15, -0.1) is 0 Å². The number of hydrogen-bond donors (Lipinski definition) is 2. The lowest BCUT2D eigenvalue weighted by atomic mass is 9.73. The van der Waals surface area contributed by atoms with E-state index in [1.807, 2.05) is 0 Å². The fourth-order valence-electron chi connectivity index (χ4n) is 5.60. The Bertz CT molecular complexity index is 1280. The molecule has 3 nitrogen and oxygen atoms in total. The molecule has 2 heterocycles. The number of H-pyrrole nitrogens is 1. The number of aryl methyl sites for hydroxylation is 1. The molecule has 0 bridgehead atoms. The van der Waals surface area contributed by atoms with Gasteiger partial charge in [-0.1, -0.05) is 56.3 Å². The number of para-hydroxylation sites is 1. The van der Waals surface area contributed by atoms with E-state index in [1.165, 1.54) is 50.0 Å². The van der Waals surface area contributed by atoms with Crippen molar-refractivity contribution in [3.63, 3.8) is 0 Å². The number of fused-ring (bicyclic) bond motifs is 2. The molecule has 1 unspecified atom stereocenters. The molecule has 1 aliphatic heterocycles. The van der Waals surface area contributed by atoms with Crippen LogP contribution in [0.25, 0.3) is 10.9 Å². The van der Waals surface area contributed by atoms with Crippen LogP contribution in [-0.4, -0.2) is 23.5 Å². The molecule has 0 spiro atoms. The van der Waals surface area contributed by atoms with Crippen molar-refractivity contribution >= 4 is 16.6 Å². The molecule has 32 heavy (non-hydrogen) atoms. The van der Waals surface area contributed by atoms with E-state index in [-0.39, 0.29) is 5.41 Å². The summed E-state index contributed by atoms with van der Waals surface area (Å²) in [5.74, 6) is 0.346. The SMILES string of the molecule is Cc1ccc(N)c(C(C)(C)c2ccc3c(c2)CN(C)CC3c2cc3ccccc3[nH]2)c1C. The summed E-state index contributed by atoms with van der Waals surface area (Å²) in [7, 11) is 2.22. The van der Waals surface area contributed by atoms with E-state index in [9.17, 15) is 0 Å². The number of aromatic nitrogens is 1. The number of nitrogens with zero attached hydrogens (tertiary/aromatic N) is 1. The van der Waals surface area contributed by atoms with Crippen LogP contribution in [0.1, 0.15) is 58.8 Å². The Morgan fingerprint density at radius 2 is 1.78 bits per heavy atom. The molecule has 3 N–H and O–H groups in total. The highest BCUT2D eigenvalue weighted by molar-refractivity contribution is 5.80. The molecule has 0 saturated carbocycles. The normalized spacial score (nSPS) is 17.0. The van der Waals surface area contributed by atoms with E-state index < -0.39 is 0 Å². The van der Waals surface area contributed by atoms with Crippen LogP contribution in [0.15, 0.2) is 60.7 Å². The highest BCUT2D eigenvalue weighted by atomic mass is 15.1. The summed E-state index contributed by atoms with van der Waals surface area (Å²) in [6.45, 7) is 11.0. The molecule has 4 aromatic rings. The molecular formula is C29H33N3. The molecule has 5 rings (SSSR count). The maximum Gasteiger partial charge on any atom is 0.0456 e. The first kappa shape index (κ1) is 20.8. The van der Waals surface area contributed by atoms with E-state index in [0.29, 0.717) is 5.92 Å². The van der Waals surface area contributed by atoms with Gasteiger partial charge in [0.05, 0.1) is 0 Å². The Morgan fingerprint density at radius 3 is 2.56 bits per heavy atom. The zero-order valence-corrected chi connectivity index (χ0v) is 19.8. The molecule has 0 fully saturated rings. The quantitative estimate of drug-likeness (QED) is 0.381. The average Bonchev–Trinajstić information content (AvgIpc) is 3.19. The maximum absolute atomic E-state index is 6.50. The fourth-order valence-corrected chi connectivity index (χ4v) is 5.60. The Hall–Kier alpha value is -3.04. The largest absolute Gasteiger partial charge is 0.398 e. The Balaban J connectivity index is 1.59. The van der Waals surface area contributed by atoms with Crippen molar-refractivity contribution < 1.29 is 0 Å². The summed E-state index contributed by atoms with van der Waals surface area (Å²) in [6.07, 6.45) is 0. The third-order valence-electron chi connectivity index (χ3n) is 7.49. The summed E-state index contributed by atoms with van der Waals surface area (Å²) in [4.78, 5) is 6.11. The van der Waals surface area contributed by atoms with Crippen LogP contribution >= 0.6 is 0 Å². The van der Waals surface area contributed by atoms with E-state index in [1.54, 1.807) is 0 Å². The molecule has 0 aliphatic carbocycles. The topological polar surface area (TPSA) is 45.0 Å². The number of nitrogens with two attached hydrogens (primary N) is 1. The molecule has 3 heteroatoms. The first-order valence-corrected chi connectivity index (χ1v) is 11.5. The molecule has 0 radical (unpaired) electrons. The second-order valence-corrected chi connectivity index (χ2v) is 10.1. The number of anilines is 1. The predicted octanol–water partition coefficient (Wildman–Crippen LogP) is 6.27. The van der Waals surface area contributed by atoms with Crippen LogP contribution in [-0.2, 0) is 12.0 Å². The van der Waals surface area contributed by atoms with Crippen molar-refractivity contribution in [3.8, 4) is 0 Å². The summed E-state index contributed by atoms with van der Waals surface area (Å²) in [5.41, 5.74) is 17.7. The van der Waals surface area contributed by atoms with Crippen LogP contribution in [0.2, 0.25) is 0 Å². The van der Waals surface area contributed by atoms with Crippen molar-refractivity contribution in [2.45, 2.75) is 45.6 Å². The summed E-state index contributed by atoms with van der Waals surface area (Å²) < 4.78 is 0. The third-order valence-corrected chi connectivity index (χ3v) is 7.49. The number of benzene rings is 3.